The molecule has 214 valence electrons. The second-order valence-corrected chi connectivity index (χ2v) is 11.2. The van der Waals surface area contributed by atoms with Crippen LogP contribution in [-0.4, -0.2) is 34.1 Å². The van der Waals surface area contributed by atoms with E-state index in [1.54, 1.807) is 18.0 Å². The summed E-state index contributed by atoms with van der Waals surface area (Å²) < 4.78 is 5.75. The monoisotopic (exact) mass is 551 g/mol. The zero-order valence-corrected chi connectivity index (χ0v) is 24.0. The van der Waals surface area contributed by atoms with Gasteiger partial charge in [-0.1, -0.05) is 53.3 Å². The molecule has 1 fully saturated rings. The number of anilines is 3. The van der Waals surface area contributed by atoms with E-state index < -0.39 is 5.66 Å². The van der Waals surface area contributed by atoms with Crippen molar-refractivity contribution in [2.45, 2.75) is 89.3 Å². The molecule has 2 atom stereocenters. The molecular formula is C34H41N5O2. The topological polar surface area (TPSA) is 88.2 Å². The van der Waals surface area contributed by atoms with Gasteiger partial charge in [-0.25, -0.2) is 9.97 Å². The Labute approximate surface area is 244 Å². The van der Waals surface area contributed by atoms with E-state index >= 15 is 0 Å². The number of para-hydroxylation sites is 1. The molecule has 1 aromatic carbocycles. The molecule has 1 aromatic heterocycles. The predicted octanol–water partition coefficient (Wildman–Crippen LogP) is 7.19. The lowest BCUT2D eigenvalue weighted by molar-refractivity contribution is -0.110. The first-order valence-electron chi connectivity index (χ1n) is 15.0. The minimum absolute atomic E-state index is 0.0908. The van der Waals surface area contributed by atoms with Crippen LogP contribution in [0.25, 0.3) is 0 Å². The maximum atomic E-state index is 12.5. The lowest BCUT2D eigenvalue weighted by atomic mass is 9.96. The number of carbonyl (C=O) groups excluding carboxylic acids is 1. The number of aromatic nitrogens is 2. The average molecular weight is 552 g/mol. The highest BCUT2D eigenvalue weighted by Crippen LogP contribution is 2.38. The number of carbonyl (C=O) groups is 1. The molecule has 0 bridgehead atoms. The molecule has 7 nitrogen and oxygen atoms in total. The van der Waals surface area contributed by atoms with Crippen LogP contribution in [0.2, 0.25) is 0 Å². The van der Waals surface area contributed by atoms with Gasteiger partial charge in [0.2, 0.25) is 0 Å². The van der Waals surface area contributed by atoms with Crippen LogP contribution in [0, 0.1) is 11.8 Å². The number of nitrogens with zero attached hydrogens (tertiary/aromatic N) is 2. The molecule has 3 N–H and O–H groups in total. The maximum Gasteiger partial charge on any atom is 0.178 e. The molecule has 0 radical (unpaired) electrons. The van der Waals surface area contributed by atoms with Crippen LogP contribution in [-0.2, 0) is 4.79 Å². The van der Waals surface area contributed by atoms with E-state index in [-0.39, 0.29) is 11.8 Å². The lowest BCUT2D eigenvalue weighted by Gasteiger charge is -2.19. The number of nitrogens with one attached hydrogen (secondary N) is 3. The van der Waals surface area contributed by atoms with Gasteiger partial charge >= 0.3 is 0 Å². The standard InChI is InChI=1S/C34H41N5O2/c1-34(21-11-4-12-22-41-30-17-7-3-8-18-30)38-31-32(35-25-36-33(31)39-34)37-28-20-19-27(23-28)24-29(40)16-10-9-15-26-13-5-2-6-14-26/h3,7-8,10,13,16-18,24-25,28,38H,2,4-6,9,12,14-15,19-20,22-23H2,1H3,(H2,35,36,37,39)/b16-10+,27-24-. The zero-order valence-electron chi connectivity index (χ0n) is 24.0. The summed E-state index contributed by atoms with van der Waals surface area (Å²) in [7, 11) is 0. The van der Waals surface area contributed by atoms with Gasteiger partial charge in [-0.3, -0.25) is 4.79 Å². The fourth-order valence-electron chi connectivity index (χ4n) is 5.57. The second-order valence-electron chi connectivity index (χ2n) is 11.2. The summed E-state index contributed by atoms with van der Waals surface area (Å²) in [6.07, 6.45) is 20.9. The fourth-order valence-corrected chi connectivity index (χ4v) is 5.57. The van der Waals surface area contributed by atoms with Crippen molar-refractivity contribution in [2.75, 3.05) is 22.6 Å². The van der Waals surface area contributed by atoms with E-state index in [0.29, 0.717) is 6.61 Å². The van der Waals surface area contributed by atoms with Crippen molar-refractivity contribution < 1.29 is 9.53 Å². The Kier molecular flexibility index (Phi) is 9.74. The van der Waals surface area contributed by atoms with Gasteiger partial charge in [0.05, 0.1) is 6.61 Å². The predicted molar refractivity (Wildman–Crippen MR) is 166 cm³/mol. The molecule has 2 aromatic rings. The van der Waals surface area contributed by atoms with Crippen LogP contribution in [0.4, 0.5) is 17.3 Å². The van der Waals surface area contributed by atoms with Crippen LogP contribution < -0.4 is 20.7 Å². The van der Waals surface area contributed by atoms with Gasteiger partial charge in [0.1, 0.15) is 17.8 Å². The number of allylic oxidation sites excluding steroid dienone is 5. The van der Waals surface area contributed by atoms with Crippen molar-refractivity contribution in [1.82, 2.24) is 9.97 Å². The third kappa shape index (κ3) is 8.47. The van der Waals surface area contributed by atoms with Crippen molar-refractivity contribution in [3.8, 4) is 17.6 Å². The minimum atomic E-state index is -0.623. The molecule has 1 aliphatic heterocycles. The average Bonchev–Trinajstić information content (AvgIpc) is 3.57. The van der Waals surface area contributed by atoms with Gasteiger partial charge in [0.15, 0.2) is 23.1 Å². The Morgan fingerprint density at radius 1 is 1.20 bits per heavy atom. The summed E-state index contributed by atoms with van der Waals surface area (Å²) in [5.41, 5.74) is 2.95. The number of hydrogen-bond acceptors (Lipinski definition) is 7. The number of ether oxygens (including phenoxy) is 1. The Morgan fingerprint density at radius 3 is 2.95 bits per heavy atom. The van der Waals surface area contributed by atoms with Gasteiger partial charge in [0, 0.05) is 12.5 Å². The van der Waals surface area contributed by atoms with E-state index in [1.807, 2.05) is 49.4 Å². The molecule has 5 rings (SSSR count). The summed E-state index contributed by atoms with van der Waals surface area (Å²) in [4.78, 5) is 21.4. The van der Waals surface area contributed by atoms with Crippen molar-refractivity contribution in [2.24, 2.45) is 0 Å². The molecule has 0 saturated heterocycles. The fraction of sp³-hybridized carbons (Fsp3) is 0.441. The molecule has 41 heavy (non-hydrogen) atoms. The molecule has 0 spiro atoms. The first-order chi connectivity index (χ1) is 20.1. The maximum absolute atomic E-state index is 12.5. The normalized spacial score (nSPS) is 22.3. The van der Waals surface area contributed by atoms with Crippen molar-refractivity contribution >= 4 is 23.1 Å². The summed E-state index contributed by atoms with van der Waals surface area (Å²) in [5.74, 6) is 9.06. The van der Waals surface area contributed by atoms with Crippen LogP contribution in [0.3, 0.4) is 0 Å². The lowest BCUT2D eigenvalue weighted by Crippen LogP contribution is -2.36. The quantitative estimate of drug-likeness (QED) is 0.118. The van der Waals surface area contributed by atoms with Crippen molar-refractivity contribution in [3.05, 3.63) is 72.1 Å². The Hall–Kier alpha value is -4.05. The van der Waals surface area contributed by atoms with Gasteiger partial charge in [0.25, 0.3) is 0 Å². The molecule has 1 saturated carbocycles. The summed E-state index contributed by atoms with van der Waals surface area (Å²) in [6, 6.07) is 10.1. The molecule has 2 heterocycles. The highest BCUT2D eigenvalue weighted by molar-refractivity contribution is 5.99. The van der Waals surface area contributed by atoms with Crippen molar-refractivity contribution in [1.29, 1.82) is 0 Å². The zero-order chi connectivity index (χ0) is 28.3. The first-order valence-corrected chi connectivity index (χ1v) is 15.0. The Bertz CT molecular complexity index is 1350. The van der Waals surface area contributed by atoms with Crippen molar-refractivity contribution in [3.63, 3.8) is 0 Å². The summed E-state index contributed by atoms with van der Waals surface area (Å²) in [5, 5.41) is 10.5. The number of unbranched alkanes of at least 4 members (excludes halogenated alkanes) is 1. The molecule has 2 unspecified atom stereocenters. The molecular weight excluding hydrogens is 510 g/mol. The molecule has 3 aliphatic rings. The van der Waals surface area contributed by atoms with E-state index in [1.165, 1.54) is 31.3 Å². The summed E-state index contributed by atoms with van der Waals surface area (Å²) in [6.45, 7) is 2.64. The van der Waals surface area contributed by atoms with Crippen LogP contribution in [0.5, 0.6) is 5.75 Å². The van der Waals surface area contributed by atoms with Gasteiger partial charge in [-0.05, 0) is 95.4 Å². The number of benzene rings is 1. The van der Waals surface area contributed by atoms with E-state index in [4.69, 9.17) is 4.74 Å². The van der Waals surface area contributed by atoms with Gasteiger partial charge in [-0.2, -0.15) is 0 Å². The molecule has 0 amide bonds. The summed E-state index contributed by atoms with van der Waals surface area (Å²) >= 11 is 0. The SMILES string of the molecule is CC1(C#CCCCOc2ccccc2)Nc2ncnc(NC3CC/C(=C/C(=O)/C=C/CCC4=CCCCC4)C3)c2N1. The van der Waals surface area contributed by atoms with Crippen LogP contribution in [0.15, 0.2) is 72.1 Å². The van der Waals surface area contributed by atoms with Gasteiger partial charge < -0.3 is 20.7 Å². The highest BCUT2D eigenvalue weighted by atomic mass is 16.5. The largest absolute Gasteiger partial charge is 0.494 e. The third-order valence-corrected chi connectivity index (χ3v) is 7.70. The first kappa shape index (κ1) is 28.5. The Balaban J connectivity index is 1.07. The number of rotatable bonds is 11. The van der Waals surface area contributed by atoms with Crippen LogP contribution >= 0.6 is 0 Å². The van der Waals surface area contributed by atoms with E-state index in [0.717, 1.165) is 68.0 Å². The molecule has 7 heteroatoms. The highest BCUT2D eigenvalue weighted by Gasteiger charge is 2.34. The van der Waals surface area contributed by atoms with Gasteiger partial charge in [-0.15, -0.1) is 0 Å². The Morgan fingerprint density at radius 2 is 2.10 bits per heavy atom. The third-order valence-electron chi connectivity index (χ3n) is 7.70. The second kappa shape index (κ2) is 14.0. The van der Waals surface area contributed by atoms with E-state index in [9.17, 15) is 4.79 Å². The van der Waals surface area contributed by atoms with E-state index in [2.05, 4.69) is 43.8 Å². The van der Waals surface area contributed by atoms with Crippen LogP contribution in [0.1, 0.15) is 77.6 Å². The minimum Gasteiger partial charge on any atom is -0.494 e. The number of ketones is 1. The number of fused-ring (bicyclic) bond motifs is 1. The molecule has 2 aliphatic carbocycles. The number of hydrogen-bond donors (Lipinski definition) is 3. The smallest absolute Gasteiger partial charge is 0.178 e.